The van der Waals surface area contributed by atoms with Crippen LogP contribution in [0.1, 0.15) is 12.0 Å². The molecule has 0 amide bonds. The van der Waals surface area contributed by atoms with Gasteiger partial charge in [-0.3, -0.25) is 9.89 Å². The van der Waals surface area contributed by atoms with Gasteiger partial charge in [0.25, 0.3) is 0 Å². The van der Waals surface area contributed by atoms with Crippen LogP contribution in [0.25, 0.3) is 0 Å². The molecule has 5 nitrogen and oxygen atoms in total. The molecule has 0 unspecified atom stereocenters. The molecule has 3 rings (SSSR count). The number of aryl methyl sites for hydroxylation is 1. The van der Waals surface area contributed by atoms with Gasteiger partial charge in [0, 0.05) is 69.6 Å². The topological polar surface area (TPSA) is 48.1 Å². The Balaban J connectivity index is 1.35. The monoisotopic (exact) mass is 361 g/mol. The van der Waals surface area contributed by atoms with Crippen LogP contribution in [0.4, 0.5) is 5.69 Å². The fourth-order valence-electron chi connectivity index (χ4n) is 3.43. The van der Waals surface area contributed by atoms with E-state index >= 15 is 0 Å². The summed E-state index contributed by atoms with van der Waals surface area (Å²) in [7, 11) is 0. The Morgan fingerprint density at radius 1 is 1.12 bits per heavy atom. The molecular formula is C19H31N5S. The third-order valence-corrected chi connectivity index (χ3v) is 5.92. The van der Waals surface area contributed by atoms with Gasteiger partial charge in [-0.1, -0.05) is 12.1 Å². The number of benzene rings is 1. The second-order valence-corrected chi connectivity index (χ2v) is 8.09. The molecule has 0 bridgehead atoms. The highest BCUT2D eigenvalue weighted by atomic mass is 32.2. The van der Waals surface area contributed by atoms with Crippen molar-refractivity contribution < 1.29 is 0 Å². The molecular weight excluding hydrogens is 330 g/mol. The minimum absolute atomic E-state index is 0.740. The standard InChI is InChI=1S/C19H31N5S/c1-17-4-2-5-18(16-17)23-10-8-22(9-11-23)7-3-6-21-19(20)24-12-14-25-15-13-24/h2,4-5,16H,3,6-15H2,1H3,(H2,20,21). The van der Waals surface area contributed by atoms with Crippen LogP contribution in [-0.4, -0.2) is 79.6 Å². The first-order valence-corrected chi connectivity index (χ1v) is 10.5. The van der Waals surface area contributed by atoms with E-state index in [9.17, 15) is 0 Å². The first kappa shape index (κ1) is 18.4. The van der Waals surface area contributed by atoms with Gasteiger partial charge in [-0.05, 0) is 31.0 Å². The molecule has 2 fully saturated rings. The van der Waals surface area contributed by atoms with E-state index in [1.54, 1.807) is 0 Å². The molecule has 1 aromatic carbocycles. The van der Waals surface area contributed by atoms with E-state index in [2.05, 4.69) is 50.9 Å². The van der Waals surface area contributed by atoms with Crippen LogP contribution in [0.3, 0.4) is 0 Å². The highest BCUT2D eigenvalue weighted by Crippen LogP contribution is 2.17. The Kier molecular flexibility index (Phi) is 6.87. The molecule has 25 heavy (non-hydrogen) atoms. The number of piperazine rings is 1. The molecule has 138 valence electrons. The molecule has 2 heterocycles. The van der Waals surface area contributed by atoms with Gasteiger partial charge in [0.15, 0.2) is 5.96 Å². The molecule has 1 aromatic rings. The molecule has 2 aliphatic heterocycles. The van der Waals surface area contributed by atoms with Crippen molar-refractivity contribution in [2.45, 2.75) is 13.3 Å². The van der Waals surface area contributed by atoms with Crippen LogP contribution in [0, 0.1) is 6.92 Å². The lowest BCUT2D eigenvalue weighted by Crippen LogP contribution is -2.46. The Hall–Kier alpha value is -1.40. The number of nitrogens with two attached hydrogens (primary N) is 1. The Morgan fingerprint density at radius 3 is 2.60 bits per heavy atom. The summed E-state index contributed by atoms with van der Waals surface area (Å²) in [4.78, 5) is 11.8. The summed E-state index contributed by atoms with van der Waals surface area (Å²) in [5, 5.41) is 0. The van der Waals surface area contributed by atoms with Gasteiger partial charge in [-0.2, -0.15) is 11.8 Å². The molecule has 0 aromatic heterocycles. The number of hydrogen-bond acceptors (Lipinski definition) is 4. The summed E-state index contributed by atoms with van der Waals surface area (Å²) in [6, 6.07) is 8.82. The third-order valence-electron chi connectivity index (χ3n) is 4.98. The van der Waals surface area contributed by atoms with Crippen molar-refractivity contribution in [3.05, 3.63) is 29.8 Å². The minimum atomic E-state index is 0.740. The highest BCUT2D eigenvalue weighted by molar-refractivity contribution is 7.99. The van der Waals surface area contributed by atoms with E-state index in [1.807, 2.05) is 11.8 Å². The van der Waals surface area contributed by atoms with Crippen molar-refractivity contribution in [1.29, 1.82) is 0 Å². The normalized spacial score (nSPS) is 20.1. The largest absolute Gasteiger partial charge is 0.370 e. The summed E-state index contributed by atoms with van der Waals surface area (Å²) in [6.07, 6.45) is 1.09. The number of rotatable bonds is 5. The maximum atomic E-state index is 6.11. The molecule has 0 aliphatic carbocycles. The van der Waals surface area contributed by atoms with E-state index in [1.165, 1.54) is 22.8 Å². The van der Waals surface area contributed by atoms with E-state index in [0.717, 1.165) is 64.7 Å². The SMILES string of the molecule is Cc1cccc(N2CCN(CCCN=C(N)N3CCSCC3)CC2)c1. The zero-order valence-corrected chi connectivity index (χ0v) is 16.2. The summed E-state index contributed by atoms with van der Waals surface area (Å²) >= 11 is 2.00. The lowest BCUT2D eigenvalue weighted by atomic mass is 10.2. The maximum Gasteiger partial charge on any atom is 0.191 e. The molecule has 2 N–H and O–H groups in total. The van der Waals surface area contributed by atoms with Gasteiger partial charge in [0.2, 0.25) is 0 Å². The van der Waals surface area contributed by atoms with Crippen LogP contribution < -0.4 is 10.6 Å². The van der Waals surface area contributed by atoms with Crippen molar-refractivity contribution >= 4 is 23.4 Å². The second-order valence-electron chi connectivity index (χ2n) is 6.86. The maximum absolute atomic E-state index is 6.11. The van der Waals surface area contributed by atoms with Crippen LogP contribution in [0.15, 0.2) is 29.3 Å². The van der Waals surface area contributed by atoms with Crippen molar-refractivity contribution in [2.24, 2.45) is 10.7 Å². The molecule has 0 atom stereocenters. The Morgan fingerprint density at radius 2 is 1.88 bits per heavy atom. The third kappa shape index (κ3) is 5.54. The predicted octanol–water partition coefficient (Wildman–Crippen LogP) is 1.87. The van der Waals surface area contributed by atoms with Crippen LogP contribution >= 0.6 is 11.8 Å². The van der Waals surface area contributed by atoms with Crippen molar-refractivity contribution in [3.63, 3.8) is 0 Å². The Labute approximate surface area is 156 Å². The van der Waals surface area contributed by atoms with Gasteiger partial charge < -0.3 is 15.5 Å². The number of nitrogens with zero attached hydrogens (tertiary/aromatic N) is 4. The van der Waals surface area contributed by atoms with E-state index in [-0.39, 0.29) is 0 Å². The second kappa shape index (κ2) is 9.34. The quantitative estimate of drug-likeness (QED) is 0.493. The van der Waals surface area contributed by atoms with Gasteiger partial charge in [0.05, 0.1) is 0 Å². The number of aliphatic imine (C=N–C) groups is 1. The smallest absolute Gasteiger partial charge is 0.191 e. The Bertz CT molecular complexity index is 563. The summed E-state index contributed by atoms with van der Waals surface area (Å²) < 4.78 is 0. The van der Waals surface area contributed by atoms with Gasteiger partial charge in [-0.15, -0.1) is 0 Å². The van der Waals surface area contributed by atoms with E-state index in [4.69, 9.17) is 5.73 Å². The number of anilines is 1. The lowest BCUT2D eigenvalue weighted by Gasteiger charge is -2.36. The predicted molar refractivity (Wildman–Crippen MR) is 110 cm³/mol. The fourth-order valence-corrected chi connectivity index (χ4v) is 4.34. The molecule has 0 saturated carbocycles. The number of hydrogen-bond donors (Lipinski definition) is 1. The van der Waals surface area contributed by atoms with E-state index < -0.39 is 0 Å². The molecule has 2 saturated heterocycles. The summed E-state index contributed by atoms with van der Waals surface area (Å²) in [5.74, 6) is 3.08. The average Bonchev–Trinajstić information content (AvgIpc) is 2.66. The molecule has 2 aliphatic rings. The van der Waals surface area contributed by atoms with Crippen LogP contribution in [0.2, 0.25) is 0 Å². The molecule has 0 radical (unpaired) electrons. The number of guanidine groups is 1. The zero-order valence-electron chi connectivity index (χ0n) is 15.4. The lowest BCUT2D eigenvalue weighted by molar-refractivity contribution is 0.256. The molecule has 0 spiro atoms. The van der Waals surface area contributed by atoms with Crippen molar-refractivity contribution in [1.82, 2.24) is 9.80 Å². The number of thioether (sulfide) groups is 1. The van der Waals surface area contributed by atoms with Crippen LogP contribution in [-0.2, 0) is 0 Å². The fraction of sp³-hybridized carbons (Fsp3) is 0.632. The highest BCUT2D eigenvalue weighted by Gasteiger charge is 2.17. The first-order chi connectivity index (χ1) is 12.2. The van der Waals surface area contributed by atoms with Crippen molar-refractivity contribution in [2.75, 3.05) is 68.8 Å². The van der Waals surface area contributed by atoms with E-state index in [0.29, 0.717) is 0 Å². The molecule has 6 heteroatoms. The summed E-state index contributed by atoms with van der Waals surface area (Å²) in [6.45, 7) is 10.7. The van der Waals surface area contributed by atoms with Gasteiger partial charge in [0.1, 0.15) is 0 Å². The first-order valence-electron chi connectivity index (χ1n) is 9.39. The average molecular weight is 362 g/mol. The zero-order chi connectivity index (χ0) is 17.5. The van der Waals surface area contributed by atoms with Gasteiger partial charge in [-0.25, -0.2) is 0 Å². The minimum Gasteiger partial charge on any atom is -0.370 e. The van der Waals surface area contributed by atoms with Crippen molar-refractivity contribution in [3.8, 4) is 0 Å². The van der Waals surface area contributed by atoms with Gasteiger partial charge >= 0.3 is 0 Å². The summed E-state index contributed by atoms with van der Waals surface area (Å²) in [5.41, 5.74) is 8.80. The van der Waals surface area contributed by atoms with Crippen LogP contribution in [0.5, 0.6) is 0 Å².